The highest BCUT2D eigenvalue weighted by molar-refractivity contribution is 5.81. The molecule has 6 nitrogen and oxygen atoms in total. The van der Waals surface area contributed by atoms with Crippen molar-refractivity contribution in [2.24, 2.45) is 0 Å². The van der Waals surface area contributed by atoms with Crippen LogP contribution in [0.4, 0.5) is 5.69 Å². The number of anilines is 1. The van der Waals surface area contributed by atoms with E-state index in [1.54, 1.807) is 16.6 Å². The first-order valence-electron chi connectivity index (χ1n) is 7.88. The highest BCUT2D eigenvalue weighted by Crippen LogP contribution is 2.13. The minimum atomic E-state index is -0.248. The highest BCUT2D eigenvalue weighted by atomic mass is 16.2. The number of hydrogen-bond donors (Lipinski definition) is 1. The molecule has 0 unspecified atom stereocenters. The second-order valence-electron chi connectivity index (χ2n) is 5.53. The van der Waals surface area contributed by atoms with E-state index in [-0.39, 0.29) is 18.1 Å². The van der Waals surface area contributed by atoms with Crippen molar-refractivity contribution in [3.05, 3.63) is 65.1 Å². The van der Waals surface area contributed by atoms with Crippen LogP contribution in [0.3, 0.4) is 0 Å². The number of para-hydroxylation sites is 3. The monoisotopic (exact) mass is 324 g/mol. The standard InChI is InChI=1S/C18H20N4O2/c1-3-21-15-11-7-8-12-16(15)22(18(21)24)13-17(23)19-20(2)14-9-5-4-6-10-14/h4-12H,3,13H2,1-2H3,(H,19,23). The maximum Gasteiger partial charge on any atom is 0.329 e. The van der Waals surface area contributed by atoms with Gasteiger partial charge in [-0.15, -0.1) is 0 Å². The number of rotatable bonds is 5. The highest BCUT2D eigenvalue weighted by Gasteiger charge is 2.15. The molecule has 0 aliphatic carbocycles. The molecule has 124 valence electrons. The Hall–Kier alpha value is -3.02. The molecule has 0 saturated heterocycles. The van der Waals surface area contributed by atoms with Gasteiger partial charge in [-0.3, -0.25) is 24.4 Å². The van der Waals surface area contributed by atoms with Gasteiger partial charge in [-0.2, -0.15) is 0 Å². The summed E-state index contributed by atoms with van der Waals surface area (Å²) in [6.07, 6.45) is 0. The number of fused-ring (bicyclic) bond motifs is 1. The lowest BCUT2D eigenvalue weighted by molar-refractivity contribution is -0.121. The van der Waals surface area contributed by atoms with Gasteiger partial charge in [0, 0.05) is 13.6 Å². The molecule has 3 aromatic rings. The second-order valence-corrected chi connectivity index (χ2v) is 5.53. The largest absolute Gasteiger partial charge is 0.329 e. The molecule has 1 heterocycles. The van der Waals surface area contributed by atoms with Gasteiger partial charge >= 0.3 is 5.69 Å². The van der Waals surface area contributed by atoms with Gasteiger partial charge in [0.2, 0.25) is 0 Å². The summed E-state index contributed by atoms with van der Waals surface area (Å²) in [5.74, 6) is -0.248. The predicted molar refractivity (Wildman–Crippen MR) is 94.9 cm³/mol. The summed E-state index contributed by atoms with van der Waals surface area (Å²) in [5, 5.41) is 1.65. The van der Waals surface area contributed by atoms with E-state index in [0.717, 1.165) is 16.7 Å². The molecule has 0 spiro atoms. The van der Waals surface area contributed by atoms with Gasteiger partial charge < -0.3 is 0 Å². The molecule has 1 amide bonds. The smallest absolute Gasteiger partial charge is 0.292 e. The average Bonchev–Trinajstić information content (AvgIpc) is 2.87. The molecule has 1 N–H and O–H groups in total. The van der Waals surface area contributed by atoms with Gasteiger partial charge in [0.05, 0.1) is 16.7 Å². The summed E-state index contributed by atoms with van der Waals surface area (Å²) in [6, 6.07) is 17.0. The maximum atomic E-state index is 12.5. The van der Waals surface area contributed by atoms with Crippen LogP contribution < -0.4 is 16.1 Å². The first-order chi connectivity index (χ1) is 11.6. The Morgan fingerprint density at radius 2 is 1.58 bits per heavy atom. The van der Waals surface area contributed by atoms with Gasteiger partial charge in [0.1, 0.15) is 6.54 Å². The molecular formula is C18H20N4O2. The van der Waals surface area contributed by atoms with Crippen molar-refractivity contribution in [1.29, 1.82) is 0 Å². The molecule has 1 aromatic heterocycles. The molecule has 0 aliphatic rings. The Balaban J connectivity index is 1.84. The van der Waals surface area contributed by atoms with Crippen LogP contribution in [-0.4, -0.2) is 22.1 Å². The van der Waals surface area contributed by atoms with Crippen LogP contribution in [0.1, 0.15) is 6.92 Å². The fraction of sp³-hybridized carbons (Fsp3) is 0.222. The Morgan fingerprint density at radius 3 is 2.21 bits per heavy atom. The van der Waals surface area contributed by atoms with Gasteiger partial charge in [-0.05, 0) is 31.2 Å². The fourth-order valence-corrected chi connectivity index (χ4v) is 2.81. The second kappa shape index (κ2) is 6.62. The lowest BCUT2D eigenvalue weighted by Crippen LogP contribution is -2.42. The lowest BCUT2D eigenvalue weighted by atomic mass is 10.3. The Kier molecular flexibility index (Phi) is 4.37. The topological polar surface area (TPSA) is 59.3 Å². The molecule has 2 aromatic carbocycles. The number of hydrogen-bond acceptors (Lipinski definition) is 3. The van der Waals surface area contributed by atoms with Gasteiger partial charge in [-0.1, -0.05) is 30.3 Å². The fourth-order valence-electron chi connectivity index (χ4n) is 2.81. The number of aryl methyl sites for hydroxylation is 1. The third-order valence-electron chi connectivity index (χ3n) is 3.98. The number of imidazole rings is 1. The van der Waals surface area contributed by atoms with Crippen LogP contribution in [0.15, 0.2) is 59.4 Å². The SMILES string of the molecule is CCn1c(=O)n(CC(=O)NN(C)c2ccccc2)c2ccccc21. The molecule has 0 bridgehead atoms. The van der Waals surface area contributed by atoms with Gasteiger partial charge in [-0.25, -0.2) is 4.79 Å². The van der Waals surface area contributed by atoms with Crippen LogP contribution in [0.25, 0.3) is 11.0 Å². The normalized spacial score (nSPS) is 10.8. The molecule has 3 rings (SSSR count). The summed E-state index contributed by atoms with van der Waals surface area (Å²) in [7, 11) is 1.77. The Labute approximate surface area is 139 Å². The molecule has 24 heavy (non-hydrogen) atoms. The van der Waals surface area contributed by atoms with Crippen LogP contribution in [0.5, 0.6) is 0 Å². The number of amides is 1. The van der Waals surface area contributed by atoms with Gasteiger partial charge in [0.15, 0.2) is 0 Å². The Bertz CT molecular complexity index is 912. The summed E-state index contributed by atoms with van der Waals surface area (Å²) in [6.45, 7) is 2.46. The van der Waals surface area contributed by atoms with Crippen molar-refractivity contribution < 1.29 is 4.79 Å². The third kappa shape index (κ3) is 2.90. The number of aromatic nitrogens is 2. The minimum absolute atomic E-state index is 0.0243. The lowest BCUT2D eigenvalue weighted by Gasteiger charge is -2.20. The van der Waals surface area contributed by atoms with E-state index in [2.05, 4.69) is 5.43 Å². The maximum absolute atomic E-state index is 12.5. The van der Waals surface area contributed by atoms with Crippen LogP contribution >= 0.6 is 0 Å². The predicted octanol–water partition coefficient (Wildman–Crippen LogP) is 1.99. The van der Waals surface area contributed by atoms with Gasteiger partial charge in [0.25, 0.3) is 5.91 Å². The van der Waals surface area contributed by atoms with E-state index in [1.165, 1.54) is 4.57 Å². The summed E-state index contributed by atoms with van der Waals surface area (Å²) in [5.41, 5.74) is 5.10. The number of nitrogens with zero attached hydrogens (tertiary/aromatic N) is 3. The first kappa shape index (κ1) is 15.9. The third-order valence-corrected chi connectivity index (χ3v) is 3.98. The van der Waals surface area contributed by atoms with E-state index in [9.17, 15) is 9.59 Å². The summed E-state index contributed by atoms with van der Waals surface area (Å²) >= 11 is 0. The molecule has 0 atom stereocenters. The van der Waals surface area contributed by atoms with E-state index >= 15 is 0 Å². The number of carbonyl (C=O) groups is 1. The van der Waals surface area contributed by atoms with Crippen LogP contribution in [-0.2, 0) is 17.9 Å². The van der Waals surface area contributed by atoms with E-state index < -0.39 is 0 Å². The molecule has 0 radical (unpaired) electrons. The van der Waals surface area contributed by atoms with Crippen molar-refractivity contribution in [1.82, 2.24) is 14.6 Å². The van der Waals surface area contributed by atoms with Crippen LogP contribution in [0, 0.1) is 0 Å². The van der Waals surface area contributed by atoms with Crippen molar-refractivity contribution in [3.8, 4) is 0 Å². The summed E-state index contributed by atoms with van der Waals surface area (Å²) < 4.78 is 3.18. The zero-order valence-electron chi connectivity index (χ0n) is 13.8. The average molecular weight is 324 g/mol. The number of carbonyl (C=O) groups excluding carboxylic acids is 1. The van der Waals surface area contributed by atoms with Crippen molar-refractivity contribution in [2.75, 3.05) is 12.1 Å². The zero-order valence-corrected chi connectivity index (χ0v) is 13.8. The van der Waals surface area contributed by atoms with E-state index in [4.69, 9.17) is 0 Å². The molecule has 0 saturated carbocycles. The van der Waals surface area contributed by atoms with E-state index in [0.29, 0.717) is 6.54 Å². The van der Waals surface area contributed by atoms with E-state index in [1.807, 2.05) is 61.5 Å². The number of nitrogens with one attached hydrogen (secondary N) is 1. The minimum Gasteiger partial charge on any atom is -0.292 e. The zero-order chi connectivity index (χ0) is 17.1. The Morgan fingerprint density at radius 1 is 1.00 bits per heavy atom. The number of benzene rings is 2. The van der Waals surface area contributed by atoms with Crippen LogP contribution in [0.2, 0.25) is 0 Å². The molecular weight excluding hydrogens is 304 g/mol. The van der Waals surface area contributed by atoms with Crippen molar-refractivity contribution in [2.45, 2.75) is 20.0 Å². The van der Waals surface area contributed by atoms with Crippen molar-refractivity contribution >= 4 is 22.6 Å². The summed E-state index contributed by atoms with van der Waals surface area (Å²) in [4.78, 5) is 24.9. The first-order valence-corrected chi connectivity index (χ1v) is 7.88. The molecule has 0 aliphatic heterocycles. The molecule has 0 fully saturated rings. The number of hydrazine groups is 1. The quantitative estimate of drug-likeness (QED) is 0.730. The van der Waals surface area contributed by atoms with Crippen molar-refractivity contribution in [3.63, 3.8) is 0 Å². The molecule has 6 heteroatoms.